The van der Waals surface area contributed by atoms with Crippen molar-refractivity contribution < 1.29 is 23.8 Å². The summed E-state index contributed by atoms with van der Waals surface area (Å²) in [7, 11) is 0. The second-order valence-electron chi connectivity index (χ2n) is 11.8. The summed E-state index contributed by atoms with van der Waals surface area (Å²) in [5.74, 6) is -1.48. The van der Waals surface area contributed by atoms with E-state index >= 15 is 0 Å². The average Bonchev–Trinajstić information content (AvgIpc) is 3.30. The summed E-state index contributed by atoms with van der Waals surface area (Å²) in [6, 6.07) is 14.0. The van der Waals surface area contributed by atoms with Gasteiger partial charge in [0.15, 0.2) is 11.6 Å². The monoisotopic (exact) mass is 528 g/mol. The molecular weight excluding hydrogens is 486 g/mol. The van der Waals surface area contributed by atoms with Crippen molar-refractivity contribution in [2.24, 2.45) is 11.8 Å². The largest absolute Gasteiger partial charge is 0.480 e. The number of halogens is 2. The second-order valence-corrected chi connectivity index (χ2v) is 11.8. The molecule has 0 saturated carbocycles. The smallest absolute Gasteiger partial charge is 0.320 e. The Kier molecular flexibility index (Phi) is 9.55. The summed E-state index contributed by atoms with van der Waals surface area (Å²) >= 11 is 0. The van der Waals surface area contributed by atoms with Crippen molar-refractivity contribution in [2.75, 3.05) is 32.7 Å². The molecule has 2 N–H and O–H groups in total. The molecule has 4 rings (SSSR count). The molecule has 2 fully saturated rings. The van der Waals surface area contributed by atoms with Crippen LogP contribution in [0.1, 0.15) is 63.0 Å². The molecule has 0 amide bonds. The number of aliphatic hydroxyl groups is 1. The quantitative estimate of drug-likeness (QED) is 0.413. The first-order valence-electron chi connectivity index (χ1n) is 14.0. The van der Waals surface area contributed by atoms with Gasteiger partial charge in [-0.2, -0.15) is 0 Å². The zero-order valence-corrected chi connectivity index (χ0v) is 22.7. The zero-order chi connectivity index (χ0) is 27.3. The third-order valence-corrected chi connectivity index (χ3v) is 8.49. The van der Waals surface area contributed by atoms with Crippen molar-refractivity contribution in [1.29, 1.82) is 0 Å². The van der Waals surface area contributed by atoms with Crippen molar-refractivity contribution >= 4 is 5.97 Å². The Balaban J connectivity index is 1.34. The van der Waals surface area contributed by atoms with E-state index < -0.39 is 29.2 Å². The fraction of sp³-hybridized carbons (Fsp3) is 0.581. The molecule has 38 heavy (non-hydrogen) atoms. The van der Waals surface area contributed by atoms with E-state index in [1.165, 1.54) is 11.6 Å². The molecule has 0 radical (unpaired) electrons. The van der Waals surface area contributed by atoms with Gasteiger partial charge in [0.05, 0.1) is 5.60 Å². The maximum Gasteiger partial charge on any atom is 0.320 e. The highest BCUT2D eigenvalue weighted by Crippen LogP contribution is 2.37. The summed E-state index contributed by atoms with van der Waals surface area (Å²) in [5, 5.41) is 21.1. The fourth-order valence-corrected chi connectivity index (χ4v) is 6.32. The van der Waals surface area contributed by atoms with Crippen LogP contribution in [0, 0.1) is 23.5 Å². The van der Waals surface area contributed by atoms with Crippen molar-refractivity contribution in [3.05, 3.63) is 71.3 Å². The number of benzene rings is 2. The number of aryl methyl sites for hydroxylation is 1. The van der Waals surface area contributed by atoms with Crippen LogP contribution in [0.4, 0.5) is 8.78 Å². The van der Waals surface area contributed by atoms with Crippen LogP contribution >= 0.6 is 0 Å². The number of piperidine rings is 1. The van der Waals surface area contributed by atoms with Crippen LogP contribution in [-0.2, 0) is 11.2 Å². The highest BCUT2D eigenvalue weighted by molar-refractivity contribution is 5.73. The first-order chi connectivity index (χ1) is 18.1. The van der Waals surface area contributed by atoms with Gasteiger partial charge in [-0.25, -0.2) is 8.78 Å². The van der Waals surface area contributed by atoms with E-state index in [9.17, 15) is 23.8 Å². The maximum atomic E-state index is 13.5. The van der Waals surface area contributed by atoms with E-state index in [0.29, 0.717) is 43.9 Å². The van der Waals surface area contributed by atoms with Crippen molar-refractivity contribution in [2.45, 2.75) is 69.9 Å². The van der Waals surface area contributed by atoms with Gasteiger partial charge in [0.25, 0.3) is 0 Å². The number of carbonyl (C=O) groups is 1. The van der Waals surface area contributed by atoms with E-state index in [2.05, 4.69) is 47.9 Å². The molecule has 2 aromatic carbocycles. The van der Waals surface area contributed by atoms with E-state index in [0.717, 1.165) is 50.8 Å². The lowest BCUT2D eigenvalue weighted by Crippen LogP contribution is -2.46. The molecule has 2 aromatic rings. The van der Waals surface area contributed by atoms with E-state index in [4.69, 9.17) is 0 Å². The zero-order valence-electron chi connectivity index (χ0n) is 22.7. The van der Waals surface area contributed by atoms with Crippen molar-refractivity contribution in [3.8, 4) is 0 Å². The Morgan fingerprint density at radius 2 is 1.76 bits per heavy atom. The first-order valence-corrected chi connectivity index (χ1v) is 14.0. The average molecular weight is 529 g/mol. The summed E-state index contributed by atoms with van der Waals surface area (Å²) < 4.78 is 26.7. The number of nitrogens with zero attached hydrogens (tertiary/aromatic N) is 2. The van der Waals surface area contributed by atoms with Crippen molar-refractivity contribution in [3.63, 3.8) is 0 Å². The highest BCUT2D eigenvalue weighted by Gasteiger charge is 2.41. The lowest BCUT2D eigenvalue weighted by molar-refractivity contribution is -0.143. The molecule has 208 valence electrons. The van der Waals surface area contributed by atoms with Crippen LogP contribution in [0.2, 0.25) is 0 Å². The molecule has 2 aliphatic rings. The third kappa shape index (κ3) is 7.39. The second kappa shape index (κ2) is 12.7. The van der Waals surface area contributed by atoms with E-state index in [-0.39, 0.29) is 5.92 Å². The Labute approximate surface area is 225 Å². The molecular formula is C31H42F2N2O3. The standard InChI is InChI=1S/C31H42F2N2O3/c1-22(2)17-29(30(36)37)35-20-25(26(21-35)24-8-4-3-5-9-24)19-34-15-13-31(38,14-16-34)12-6-7-23-10-11-27(32)28(33)18-23/h3-5,8-11,18,22,25-26,29,38H,6-7,12-17,19-21H2,1-2H3,(H,36,37)/t25-,26+,29?/m0/s1. The lowest BCUT2D eigenvalue weighted by atomic mass is 9.84. The number of carboxylic acids is 1. The Hall–Kier alpha value is -2.35. The number of hydrogen-bond donors (Lipinski definition) is 2. The minimum Gasteiger partial charge on any atom is -0.480 e. The first kappa shape index (κ1) is 28.7. The fourth-order valence-electron chi connectivity index (χ4n) is 6.32. The summed E-state index contributed by atoms with van der Waals surface area (Å²) in [4.78, 5) is 16.7. The lowest BCUT2D eigenvalue weighted by Gasteiger charge is -2.40. The topological polar surface area (TPSA) is 64.0 Å². The number of hydrogen-bond acceptors (Lipinski definition) is 4. The van der Waals surface area contributed by atoms with Gasteiger partial charge in [-0.15, -0.1) is 0 Å². The number of likely N-dealkylation sites (tertiary alicyclic amines) is 2. The molecule has 0 bridgehead atoms. The van der Waals surface area contributed by atoms with Gasteiger partial charge in [0.1, 0.15) is 6.04 Å². The SMILES string of the molecule is CC(C)CC(C(=O)O)N1C[C@H](CN2CCC(O)(CCCc3ccc(F)c(F)c3)CC2)[C@@H](c2ccccc2)C1. The highest BCUT2D eigenvalue weighted by atomic mass is 19.2. The van der Waals surface area contributed by atoms with E-state index in [1.807, 2.05) is 6.07 Å². The predicted molar refractivity (Wildman–Crippen MR) is 145 cm³/mol. The molecule has 5 nitrogen and oxygen atoms in total. The Morgan fingerprint density at radius 3 is 2.39 bits per heavy atom. The van der Waals surface area contributed by atoms with Gasteiger partial charge < -0.3 is 15.1 Å². The molecule has 2 aliphatic heterocycles. The van der Waals surface area contributed by atoms with Crippen LogP contribution in [0.15, 0.2) is 48.5 Å². The number of aliphatic carboxylic acids is 1. The molecule has 0 aromatic heterocycles. The predicted octanol–water partition coefficient (Wildman–Crippen LogP) is 5.33. The molecule has 0 spiro atoms. The Morgan fingerprint density at radius 1 is 1.05 bits per heavy atom. The summed E-state index contributed by atoms with van der Waals surface area (Å²) in [6.45, 7) is 8.14. The summed E-state index contributed by atoms with van der Waals surface area (Å²) in [5.41, 5.74) is 1.28. The van der Waals surface area contributed by atoms with Crippen LogP contribution < -0.4 is 0 Å². The molecule has 2 heterocycles. The van der Waals surface area contributed by atoms with Gasteiger partial charge >= 0.3 is 5.97 Å². The maximum absolute atomic E-state index is 13.5. The number of rotatable bonds is 11. The van der Waals surface area contributed by atoms with Crippen LogP contribution in [0.25, 0.3) is 0 Å². The third-order valence-electron chi connectivity index (χ3n) is 8.49. The molecule has 7 heteroatoms. The van der Waals surface area contributed by atoms with Crippen LogP contribution in [-0.4, -0.2) is 70.3 Å². The van der Waals surface area contributed by atoms with Gasteiger partial charge in [-0.3, -0.25) is 9.69 Å². The van der Waals surface area contributed by atoms with Crippen molar-refractivity contribution in [1.82, 2.24) is 9.80 Å². The Bertz CT molecular complexity index is 1060. The normalized spacial score (nSPS) is 23.1. The molecule has 0 aliphatic carbocycles. The molecule has 2 saturated heterocycles. The minimum absolute atomic E-state index is 0.280. The number of carboxylic acid groups (broad SMARTS) is 1. The van der Waals surface area contributed by atoms with E-state index in [1.54, 1.807) is 6.07 Å². The minimum atomic E-state index is -0.835. The van der Waals surface area contributed by atoms with Gasteiger partial charge in [-0.1, -0.05) is 50.2 Å². The van der Waals surface area contributed by atoms with Gasteiger partial charge in [0, 0.05) is 38.6 Å². The van der Waals surface area contributed by atoms with Crippen LogP contribution in [0.5, 0.6) is 0 Å². The van der Waals surface area contributed by atoms with Gasteiger partial charge in [0.2, 0.25) is 0 Å². The van der Waals surface area contributed by atoms with Gasteiger partial charge in [-0.05, 0) is 73.6 Å². The summed E-state index contributed by atoms with van der Waals surface area (Å²) in [6.07, 6.45) is 3.98. The molecule has 3 atom stereocenters. The molecule has 1 unspecified atom stereocenters. The van der Waals surface area contributed by atoms with Crippen LogP contribution in [0.3, 0.4) is 0 Å².